The molecule has 0 spiro atoms. The maximum absolute atomic E-state index is 12.6. The molecule has 3 aromatic carbocycles. The standard InChI is InChI=1S/C39H34ClN5O4/c1-26-21-36(49-25-30-7-3-4-19-42-30)33-9-5-10-35(38(33)44-26)48-24-29-22-31(16-17-34(29)40)45-20-6-8-32(45)23-43-37(46)18-13-27-11-14-28(15-12-27)39(47)41-2/h3-22H,23-25H2,1-2H3,(H,41,47)(H,43,46)/b18-13+. The number of carbonyl (C=O) groups excluding carboxylic acids is 2. The lowest BCUT2D eigenvalue weighted by atomic mass is 10.1. The van der Waals surface area contributed by atoms with Gasteiger partial charge in [0.1, 0.15) is 30.2 Å². The Kier molecular flexibility index (Phi) is 10.3. The molecule has 10 heteroatoms. The van der Waals surface area contributed by atoms with Crippen LogP contribution in [0.3, 0.4) is 0 Å². The maximum Gasteiger partial charge on any atom is 0.251 e. The van der Waals surface area contributed by atoms with E-state index in [9.17, 15) is 9.59 Å². The van der Waals surface area contributed by atoms with E-state index < -0.39 is 0 Å². The molecule has 0 atom stereocenters. The fraction of sp³-hybridized carbons (Fsp3) is 0.128. The van der Waals surface area contributed by atoms with Crippen molar-refractivity contribution in [1.29, 1.82) is 0 Å². The molecule has 0 aliphatic heterocycles. The zero-order chi connectivity index (χ0) is 34.2. The summed E-state index contributed by atoms with van der Waals surface area (Å²) < 4.78 is 14.5. The molecule has 0 fully saturated rings. The Morgan fingerprint density at radius 2 is 1.73 bits per heavy atom. The zero-order valence-electron chi connectivity index (χ0n) is 27.0. The van der Waals surface area contributed by atoms with Gasteiger partial charge < -0.3 is 24.7 Å². The Morgan fingerprint density at radius 3 is 2.53 bits per heavy atom. The highest BCUT2D eigenvalue weighted by Gasteiger charge is 2.13. The van der Waals surface area contributed by atoms with Gasteiger partial charge in [0.25, 0.3) is 5.91 Å². The number of halogens is 1. The summed E-state index contributed by atoms with van der Waals surface area (Å²) in [5.74, 6) is 0.923. The summed E-state index contributed by atoms with van der Waals surface area (Å²) in [6.45, 7) is 2.79. The summed E-state index contributed by atoms with van der Waals surface area (Å²) in [5, 5.41) is 6.94. The van der Waals surface area contributed by atoms with Crippen LogP contribution in [-0.2, 0) is 24.6 Å². The largest absolute Gasteiger partial charge is 0.487 e. The molecule has 0 unspecified atom stereocenters. The van der Waals surface area contributed by atoms with Crippen LogP contribution < -0.4 is 20.1 Å². The average Bonchev–Trinajstić information content (AvgIpc) is 3.61. The SMILES string of the molecule is CNC(=O)c1ccc(/C=C/C(=O)NCc2cccn2-c2ccc(Cl)c(COc3cccc4c(OCc5ccccn5)cc(C)nc34)c2)cc1. The smallest absolute Gasteiger partial charge is 0.251 e. The lowest BCUT2D eigenvalue weighted by Gasteiger charge is -2.15. The number of fused-ring (bicyclic) bond motifs is 1. The Morgan fingerprint density at radius 1 is 0.898 bits per heavy atom. The number of hydrogen-bond donors (Lipinski definition) is 2. The van der Waals surface area contributed by atoms with Crippen molar-refractivity contribution in [3.05, 3.63) is 154 Å². The molecule has 6 rings (SSSR count). The molecule has 0 aliphatic rings. The Bertz CT molecular complexity index is 2130. The van der Waals surface area contributed by atoms with Crippen LogP contribution in [0, 0.1) is 6.92 Å². The van der Waals surface area contributed by atoms with Crippen molar-refractivity contribution in [2.75, 3.05) is 7.05 Å². The van der Waals surface area contributed by atoms with Gasteiger partial charge in [-0.1, -0.05) is 35.9 Å². The van der Waals surface area contributed by atoms with Crippen molar-refractivity contribution in [1.82, 2.24) is 25.2 Å². The second kappa shape index (κ2) is 15.3. The Hall–Kier alpha value is -5.93. The van der Waals surface area contributed by atoms with Crippen molar-refractivity contribution in [3.8, 4) is 17.2 Å². The molecule has 0 bridgehead atoms. The molecule has 6 aromatic rings. The number of amides is 2. The molecule has 2 N–H and O–H groups in total. The van der Waals surface area contributed by atoms with Crippen LogP contribution in [0.2, 0.25) is 5.02 Å². The number of carbonyl (C=O) groups is 2. The number of nitrogens with zero attached hydrogens (tertiary/aromatic N) is 3. The Balaban J connectivity index is 1.12. The first-order chi connectivity index (χ1) is 23.9. The molecule has 2 amide bonds. The summed E-state index contributed by atoms with van der Waals surface area (Å²) in [4.78, 5) is 33.5. The van der Waals surface area contributed by atoms with Gasteiger partial charge in [0.15, 0.2) is 0 Å². The minimum atomic E-state index is -0.238. The van der Waals surface area contributed by atoms with E-state index in [1.54, 1.807) is 43.6 Å². The van der Waals surface area contributed by atoms with E-state index in [-0.39, 0.29) is 18.4 Å². The molecule has 0 aliphatic carbocycles. The highest BCUT2D eigenvalue weighted by Crippen LogP contribution is 2.33. The van der Waals surface area contributed by atoms with E-state index in [0.717, 1.165) is 39.3 Å². The number of ether oxygens (including phenoxy) is 2. The number of benzene rings is 3. The second-order valence-electron chi connectivity index (χ2n) is 11.2. The third-order valence-electron chi connectivity index (χ3n) is 7.79. The van der Waals surface area contributed by atoms with Crippen LogP contribution in [0.25, 0.3) is 22.7 Å². The summed E-state index contributed by atoms with van der Waals surface area (Å²) in [6.07, 6.45) is 6.85. The van der Waals surface area contributed by atoms with Gasteiger partial charge in [0, 0.05) is 70.2 Å². The molecule has 3 heterocycles. The minimum Gasteiger partial charge on any atom is -0.487 e. The fourth-order valence-corrected chi connectivity index (χ4v) is 5.44. The summed E-state index contributed by atoms with van der Waals surface area (Å²) in [7, 11) is 1.58. The number of pyridine rings is 2. The van der Waals surface area contributed by atoms with Crippen molar-refractivity contribution in [2.24, 2.45) is 0 Å². The van der Waals surface area contributed by atoms with Crippen molar-refractivity contribution < 1.29 is 19.1 Å². The maximum atomic E-state index is 12.6. The van der Waals surface area contributed by atoms with Crippen molar-refractivity contribution in [2.45, 2.75) is 26.7 Å². The van der Waals surface area contributed by atoms with Crippen LogP contribution in [0.5, 0.6) is 11.5 Å². The summed E-state index contributed by atoms with van der Waals surface area (Å²) >= 11 is 6.64. The minimum absolute atomic E-state index is 0.161. The highest BCUT2D eigenvalue weighted by atomic mass is 35.5. The van der Waals surface area contributed by atoms with Crippen molar-refractivity contribution >= 4 is 40.4 Å². The molecule has 9 nitrogen and oxygen atoms in total. The molecule has 0 saturated heterocycles. The van der Waals surface area contributed by atoms with Gasteiger partial charge in [0.2, 0.25) is 5.91 Å². The molecule has 3 aromatic heterocycles. The molecular weight excluding hydrogens is 638 g/mol. The Labute approximate surface area is 289 Å². The first-order valence-corrected chi connectivity index (χ1v) is 16.0. The number of para-hydroxylation sites is 1. The summed E-state index contributed by atoms with van der Waals surface area (Å²) in [5.41, 5.74) is 6.26. The van der Waals surface area contributed by atoms with Crippen LogP contribution >= 0.6 is 11.6 Å². The zero-order valence-corrected chi connectivity index (χ0v) is 27.8. The van der Waals surface area contributed by atoms with Crippen LogP contribution in [0.15, 0.2) is 116 Å². The molecular formula is C39H34ClN5O4. The van der Waals surface area contributed by atoms with Gasteiger partial charge in [-0.25, -0.2) is 4.98 Å². The molecule has 0 radical (unpaired) electrons. The normalized spacial score (nSPS) is 11.1. The van der Waals surface area contributed by atoms with Gasteiger partial charge >= 0.3 is 0 Å². The molecule has 246 valence electrons. The predicted molar refractivity (Wildman–Crippen MR) is 191 cm³/mol. The van der Waals surface area contributed by atoms with Gasteiger partial charge in [0.05, 0.1) is 12.2 Å². The van der Waals surface area contributed by atoms with E-state index >= 15 is 0 Å². The van der Waals surface area contributed by atoms with Crippen molar-refractivity contribution in [3.63, 3.8) is 0 Å². The average molecular weight is 672 g/mol. The van der Waals surface area contributed by atoms with Gasteiger partial charge in [-0.15, -0.1) is 0 Å². The first-order valence-electron chi connectivity index (χ1n) is 15.7. The third kappa shape index (κ3) is 8.14. The number of aromatic nitrogens is 3. The van der Waals surface area contributed by atoms with Crippen LogP contribution in [0.4, 0.5) is 0 Å². The van der Waals surface area contributed by atoms with Gasteiger partial charge in [-0.2, -0.15) is 0 Å². The first kappa shape index (κ1) is 33.0. The van der Waals surface area contributed by atoms with E-state index in [0.29, 0.717) is 40.8 Å². The van der Waals surface area contributed by atoms with E-state index in [4.69, 9.17) is 26.1 Å². The number of hydrogen-bond acceptors (Lipinski definition) is 6. The third-order valence-corrected chi connectivity index (χ3v) is 8.16. The second-order valence-corrected chi connectivity index (χ2v) is 11.6. The van der Waals surface area contributed by atoms with E-state index in [2.05, 4.69) is 15.6 Å². The van der Waals surface area contributed by atoms with Crippen LogP contribution in [-0.4, -0.2) is 33.4 Å². The fourth-order valence-electron chi connectivity index (χ4n) is 5.27. The number of nitrogens with one attached hydrogen (secondary N) is 2. The van der Waals surface area contributed by atoms with Gasteiger partial charge in [-0.05, 0) is 85.3 Å². The lowest BCUT2D eigenvalue weighted by molar-refractivity contribution is -0.116. The monoisotopic (exact) mass is 671 g/mol. The van der Waals surface area contributed by atoms with E-state index in [1.807, 2.05) is 90.5 Å². The number of aryl methyl sites for hydroxylation is 1. The summed E-state index contributed by atoms with van der Waals surface area (Å²) in [6, 6.07) is 30.0. The topological polar surface area (TPSA) is 107 Å². The molecule has 49 heavy (non-hydrogen) atoms. The molecule has 0 saturated carbocycles. The van der Waals surface area contributed by atoms with Crippen LogP contribution in [0.1, 0.15) is 38.6 Å². The predicted octanol–water partition coefficient (Wildman–Crippen LogP) is 7.23. The lowest BCUT2D eigenvalue weighted by Crippen LogP contribution is -2.21. The number of rotatable bonds is 12. The quantitative estimate of drug-likeness (QED) is 0.133. The van der Waals surface area contributed by atoms with Gasteiger partial charge in [-0.3, -0.25) is 14.6 Å². The highest BCUT2D eigenvalue weighted by molar-refractivity contribution is 6.31. The van der Waals surface area contributed by atoms with E-state index in [1.165, 1.54) is 6.08 Å².